The van der Waals surface area contributed by atoms with Gasteiger partial charge in [-0.1, -0.05) is 0 Å². The van der Waals surface area contributed by atoms with Gasteiger partial charge < -0.3 is 4.90 Å². The lowest BCUT2D eigenvalue weighted by Crippen LogP contribution is -2.40. The molecule has 4 heterocycles. The summed E-state index contributed by atoms with van der Waals surface area (Å²) in [7, 11) is 0. The highest BCUT2D eigenvalue weighted by molar-refractivity contribution is 5.98. The molecular formula is C19H21N5O. The second kappa shape index (κ2) is 6.27. The van der Waals surface area contributed by atoms with Crippen molar-refractivity contribution in [2.45, 2.75) is 26.7 Å². The lowest BCUT2D eigenvalue weighted by atomic mass is 9.90. The van der Waals surface area contributed by atoms with Gasteiger partial charge in [0.05, 0.1) is 5.69 Å². The number of hydrogen-bond acceptors (Lipinski definition) is 5. The summed E-state index contributed by atoms with van der Waals surface area (Å²) in [5.41, 5.74) is 3.45. The number of carbonyl (C=O) groups excluding carboxylic acids is 1. The van der Waals surface area contributed by atoms with Crippen molar-refractivity contribution in [3.05, 3.63) is 53.6 Å². The van der Waals surface area contributed by atoms with E-state index < -0.39 is 0 Å². The Morgan fingerprint density at radius 2 is 2.12 bits per heavy atom. The maximum absolute atomic E-state index is 12.8. The number of hydrogen-bond donors (Lipinski definition) is 0. The van der Waals surface area contributed by atoms with Gasteiger partial charge in [-0.05, 0) is 38.8 Å². The first-order valence-corrected chi connectivity index (χ1v) is 8.65. The van der Waals surface area contributed by atoms with Gasteiger partial charge in [-0.3, -0.25) is 9.78 Å². The van der Waals surface area contributed by atoms with Crippen LogP contribution >= 0.6 is 0 Å². The Bertz CT molecular complexity index is 918. The highest BCUT2D eigenvalue weighted by Gasteiger charge is 2.28. The van der Waals surface area contributed by atoms with Gasteiger partial charge in [0.15, 0.2) is 11.4 Å². The number of nitrogens with zero attached hydrogens (tertiary/aromatic N) is 5. The number of fused-ring (bicyclic) bond motifs is 1. The number of carbonyl (C=O) groups is 1. The van der Waals surface area contributed by atoms with Gasteiger partial charge >= 0.3 is 0 Å². The molecule has 3 aromatic heterocycles. The molecule has 128 valence electrons. The molecule has 0 bridgehead atoms. The minimum absolute atomic E-state index is 0.0156. The summed E-state index contributed by atoms with van der Waals surface area (Å²) < 4.78 is 1.89. The van der Waals surface area contributed by atoms with E-state index in [1.165, 1.54) is 0 Å². The molecule has 0 N–H and O–H groups in total. The number of aromatic nitrogens is 4. The van der Waals surface area contributed by atoms with Crippen LogP contribution in [0.3, 0.4) is 0 Å². The van der Waals surface area contributed by atoms with E-state index in [0.717, 1.165) is 42.2 Å². The van der Waals surface area contributed by atoms with Crippen molar-refractivity contribution < 1.29 is 4.79 Å². The smallest absolute Gasteiger partial charge is 0.169 e. The maximum atomic E-state index is 12.8. The van der Waals surface area contributed by atoms with E-state index in [-0.39, 0.29) is 11.7 Å². The molecule has 0 aromatic carbocycles. The van der Waals surface area contributed by atoms with Crippen molar-refractivity contribution in [1.82, 2.24) is 19.6 Å². The predicted octanol–water partition coefficient (Wildman–Crippen LogP) is 2.84. The molecule has 0 amide bonds. The van der Waals surface area contributed by atoms with Crippen molar-refractivity contribution in [3.63, 3.8) is 0 Å². The summed E-state index contributed by atoms with van der Waals surface area (Å²) in [6, 6.07) is 7.70. The third kappa shape index (κ3) is 2.99. The lowest BCUT2D eigenvalue weighted by molar-refractivity contribution is 0.0906. The normalized spacial score (nSPS) is 17.8. The first-order chi connectivity index (χ1) is 12.1. The summed E-state index contributed by atoms with van der Waals surface area (Å²) >= 11 is 0. The van der Waals surface area contributed by atoms with E-state index in [0.29, 0.717) is 12.1 Å². The monoisotopic (exact) mass is 335 g/mol. The summed E-state index contributed by atoms with van der Waals surface area (Å²) in [5.74, 6) is 1.17. The zero-order chi connectivity index (χ0) is 17.4. The van der Waals surface area contributed by atoms with Crippen molar-refractivity contribution in [2.75, 3.05) is 18.0 Å². The van der Waals surface area contributed by atoms with Crippen molar-refractivity contribution >= 4 is 17.2 Å². The number of pyridine rings is 1. The number of rotatable bonds is 3. The highest BCUT2D eigenvalue weighted by atomic mass is 16.1. The zero-order valence-electron chi connectivity index (χ0n) is 14.5. The Labute approximate surface area is 146 Å². The van der Waals surface area contributed by atoms with Crippen LogP contribution < -0.4 is 4.90 Å². The molecule has 1 aliphatic heterocycles. The number of anilines is 1. The molecule has 0 spiro atoms. The van der Waals surface area contributed by atoms with Crippen LogP contribution in [-0.4, -0.2) is 38.5 Å². The Morgan fingerprint density at radius 3 is 2.92 bits per heavy atom. The molecule has 0 saturated carbocycles. The minimum Gasteiger partial charge on any atom is -0.356 e. The summed E-state index contributed by atoms with van der Waals surface area (Å²) in [6.45, 7) is 5.59. The number of Topliss-reactive ketones (excluding diaryl/α,β-unsaturated/α-hetero) is 1. The lowest BCUT2D eigenvalue weighted by Gasteiger charge is -2.33. The topological polar surface area (TPSA) is 63.4 Å². The number of aryl methyl sites for hydroxylation is 2. The van der Waals surface area contributed by atoms with E-state index in [9.17, 15) is 4.79 Å². The van der Waals surface area contributed by atoms with E-state index in [1.54, 1.807) is 12.4 Å². The third-order valence-corrected chi connectivity index (χ3v) is 4.72. The van der Waals surface area contributed by atoms with Gasteiger partial charge in [0.2, 0.25) is 0 Å². The molecule has 25 heavy (non-hydrogen) atoms. The summed E-state index contributed by atoms with van der Waals surface area (Å²) in [4.78, 5) is 23.7. The molecule has 1 unspecified atom stereocenters. The number of piperidine rings is 1. The Morgan fingerprint density at radius 1 is 1.24 bits per heavy atom. The van der Waals surface area contributed by atoms with Crippen molar-refractivity contribution in [1.29, 1.82) is 0 Å². The summed E-state index contributed by atoms with van der Waals surface area (Å²) in [6.07, 6.45) is 5.25. The van der Waals surface area contributed by atoms with Crippen LogP contribution in [0.15, 0.2) is 36.7 Å². The molecule has 1 atom stereocenters. The Kier molecular flexibility index (Phi) is 3.95. The fraction of sp³-hybridized carbons (Fsp3) is 0.368. The fourth-order valence-electron chi connectivity index (χ4n) is 3.56. The molecule has 0 radical (unpaired) electrons. The first kappa shape index (κ1) is 15.7. The molecule has 6 nitrogen and oxygen atoms in total. The van der Waals surface area contributed by atoms with Crippen LogP contribution in [0.5, 0.6) is 0 Å². The highest BCUT2D eigenvalue weighted by Crippen LogP contribution is 2.26. The van der Waals surface area contributed by atoms with Gasteiger partial charge in [0.1, 0.15) is 5.82 Å². The van der Waals surface area contributed by atoms with Crippen LogP contribution in [-0.2, 0) is 0 Å². The van der Waals surface area contributed by atoms with Crippen LogP contribution in [0.4, 0.5) is 5.82 Å². The molecule has 1 aliphatic rings. The average Bonchev–Trinajstić information content (AvgIpc) is 3.01. The predicted molar refractivity (Wildman–Crippen MR) is 96.0 cm³/mol. The van der Waals surface area contributed by atoms with Gasteiger partial charge in [0, 0.05) is 54.8 Å². The van der Waals surface area contributed by atoms with Gasteiger partial charge in [-0.2, -0.15) is 9.61 Å². The van der Waals surface area contributed by atoms with Gasteiger partial charge in [-0.15, -0.1) is 0 Å². The minimum atomic E-state index is -0.0156. The largest absolute Gasteiger partial charge is 0.356 e. The van der Waals surface area contributed by atoms with Crippen LogP contribution in [0, 0.1) is 19.8 Å². The second-order valence-corrected chi connectivity index (χ2v) is 6.70. The molecule has 1 saturated heterocycles. The molecule has 0 aliphatic carbocycles. The van der Waals surface area contributed by atoms with E-state index in [2.05, 4.69) is 26.0 Å². The van der Waals surface area contributed by atoms with Gasteiger partial charge in [0.25, 0.3) is 0 Å². The SMILES string of the molecule is Cc1cc(N2CCCC(C(=O)c3cccnc3)C2)n2nc(C)cc2n1. The zero-order valence-corrected chi connectivity index (χ0v) is 14.5. The Balaban J connectivity index is 1.65. The maximum Gasteiger partial charge on any atom is 0.169 e. The third-order valence-electron chi connectivity index (χ3n) is 4.72. The van der Waals surface area contributed by atoms with Crippen molar-refractivity contribution in [2.24, 2.45) is 5.92 Å². The summed E-state index contributed by atoms with van der Waals surface area (Å²) in [5, 5.41) is 4.58. The average molecular weight is 335 g/mol. The second-order valence-electron chi connectivity index (χ2n) is 6.70. The van der Waals surface area contributed by atoms with E-state index in [4.69, 9.17) is 0 Å². The quantitative estimate of drug-likeness (QED) is 0.689. The van der Waals surface area contributed by atoms with Crippen LogP contribution in [0.1, 0.15) is 34.6 Å². The fourth-order valence-corrected chi connectivity index (χ4v) is 3.56. The molecule has 6 heteroatoms. The van der Waals surface area contributed by atoms with Crippen LogP contribution in [0.2, 0.25) is 0 Å². The standard InChI is InChI=1S/C19H21N5O/c1-13-10-18(24-17(21-13)9-14(2)22-24)23-8-4-6-16(12-23)19(25)15-5-3-7-20-11-15/h3,5,7,9-11,16H,4,6,8,12H2,1-2H3. The Hall–Kier alpha value is -2.76. The molecule has 3 aromatic rings. The van der Waals surface area contributed by atoms with Crippen molar-refractivity contribution in [3.8, 4) is 0 Å². The molecular weight excluding hydrogens is 314 g/mol. The molecule has 1 fully saturated rings. The first-order valence-electron chi connectivity index (χ1n) is 8.65. The van der Waals surface area contributed by atoms with E-state index in [1.807, 2.05) is 36.6 Å². The number of ketones is 1. The van der Waals surface area contributed by atoms with E-state index >= 15 is 0 Å². The van der Waals surface area contributed by atoms with Gasteiger partial charge in [-0.25, -0.2) is 4.98 Å². The van der Waals surface area contributed by atoms with Crippen LogP contribution in [0.25, 0.3) is 5.65 Å². The molecule has 4 rings (SSSR count).